The van der Waals surface area contributed by atoms with E-state index in [0.29, 0.717) is 18.0 Å². The highest BCUT2D eigenvalue weighted by molar-refractivity contribution is 5.64. The molecule has 1 N–H and O–H groups in total. The van der Waals surface area contributed by atoms with E-state index in [2.05, 4.69) is 15.3 Å². The van der Waals surface area contributed by atoms with E-state index in [1.165, 1.54) is 0 Å². The maximum atomic E-state index is 13.5. The summed E-state index contributed by atoms with van der Waals surface area (Å²) in [4.78, 5) is 9.72. The van der Waals surface area contributed by atoms with Crippen molar-refractivity contribution in [3.8, 4) is 5.75 Å². The maximum Gasteiger partial charge on any atom is 0.421 e. The second-order valence-corrected chi connectivity index (χ2v) is 6.82. The molecular weight excluding hydrogens is 393 g/mol. The minimum Gasteiger partial charge on any atom is -0.494 e. The Hall–Kier alpha value is -3.29. The molecule has 0 fully saturated rings. The Morgan fingerprint density at radius 2 is 1.70 bits per heavy atom. The van der Waals surface area contributed by atoms with Gasteiger partial charge in [-0.2, -0.15) is 18.2 Å². The van der Waals surface area contributed by atoms with E-state index >= 15 is 0 Å². The predicted molar refractivity (Wildman–Crippen MR) is 112 cm³/mol. The fourth-order valence-electron chi connectivity index (χ4n) is 2.71. The number of rotatable bonds is 7. The molecule has 30 heavy (non-hydrogen) atoms. The Bertz CT molecular complexity index is 973. The molecule has 2 aromatic carbocycles. The number of alkyl halides is 3. The molecule has 0 spiro atoms. The average Bonchev–Trinajstić information content (AvgIpc) is 2.72. The van der Waals surface area contributed by atoms with Crippen molar-refractivity contribution in [2.24, 2.45) is 0 Å². The number of aromatic nitrogens is 2. The summed E-state index contributed by atoms with van der Waals surface area (Å²) in [5.41, 5.74) is 1.37. The van der Waals surface area contributed by atoms with Crippen LogP contribution in [0.2, 0.25) is 0 Å². The molecule has 3 aromatic rings. The van der Waals surface area contributed by atoms with Gasteiger partial charge in [0.25, 0.3) is 0 Å². The van der Waals surface area contributed by atoms with E-state index in [9.17, 15) is 13.2 Å². The van der Waals surface area contributed by atoms with E-state index in [1.54, 1.807) is 36.2 Å². The Morgan fingerprint density at radius 1 is 1.03 bits per heavy atom. The summed E-state index contributed by atoms with van der Waals surface area (Å²) in [5, 5.41) is 2.76. The summed E-state index contributed by atoms with van der Waals surface area (Å²) in [7, 11) is 1.71. The van der Waals surface area contributed by atoms with Crippen LogP contribution >= 0.6 is 0 Å². The van der Waals surface area contributed by atoms with Crippen LogP contribution in [0.4, 0.5) is 36.3 Å². The topological polar surface area (TPSA) is 50.3 Å². The first-order valence-corrected chi connectivity index (χ1v) is 9.52. The first kappa shape index (κ1) is 21.4. The second-order valence-electron chi connectivity index (χ2n) is 6.82. The molecule has 0 amide bonds. The van der Waals surface area contributed by atoms with Crippen LogP contribution in [-0.2, 0) is 6.18 Å². The van der Waals surface area contributed by atoms with E-state index in [4.69, 9.17) is 4.74 Å². The summed E-state index contributed by atoms with van der Waals surface area (Å²) < 4.78 is 46.0. The number of halogens is 3. The molecule has 0 atom stereocenters. The molecule has 158 valence electrons. The van der Waals surface area contributed by atoms with Gasteiger partial charge in [-0.05, 0) is 49.7 Å². The molecule has 1 heterocycles. The average molecular weight is 416 g/mol. The third-order valence-corrected chi connectivity index (χ3v) is 4.39. The molecule has 0 aliphatic carbocycles. The third-order valence-electron chi connectivity index (χ3n) is 4.39. The van der Waals surface area contributed by atoms with Crippen molar-refractivity contribution in [1.82, 2.24) is 9.97 Å². The van der Waals surface area contributed by atoms with E-state index < -0.39 is 11.7 Å². The minimum absolute atomic E-state index is 0.150. The first-order valence-electron chi connectivity index (χ1n) is 9.52. The lowest BCUT2D eigenvalue weighted by Gasteiger charge is -2.20. The van der Waals surface area contributed by atoms with Gasteiger partial charge in [0.05, 0.1) is 6.61 Å². The van der Waals surface area contributed by atoms with Crippen molar-refractivity contribution >= 4 is 23.1 Å². The van der Waals surface area contributed by atoms with Gasteiger partial charge in [0, 0.05) is 24.6 Å². The van der Waals surface area contributed by atoms with Gasteiger partial charge in [-0.1, -0.05) is 24.6 Å². The third kappa shape index (κ3) is 5.20. The summed E-state index contributed by atoms with van der Waals surface area (Å²) in [6.45, 7) is 4.53. The molecule has 0 aliphatic rings. The molecular formula is C22H23F3N4O. The normalized spacial score (nSPS) is 11.3. The van der Waals surface area contributed by atoms with Crippen LogP contribution in [0.1, 0.15) is 24.5 Å². The lowest BCUT2D eigenvalue weighted by molar-refractivity contribution is -0.137. The van der Waals surface area contributed by atoms with E-state index in [0.717, 1.165) is 23.9 Å². The predicted octanol–water partition coefficient (Wildman–Crippen LogP) is 6.10. The highest BCUT2D eigenvalue weighted by Crippen LogP contribution is 2.36. The van der Waals surface area contributed by atoms with Crippen molar-refractivity contribution < 1.29 is 17.9 Å². The van der Waals surface area contributed by atoms with Gasteiger partial charge in [-0.3, -0.25) is 0 Å². The monoisotopic (exact) mass is 416 g/mol. The first-order chi connectivity index (χ1) is 14.3. The van der Waals surface area contributed by atoms with Crippen LogP contribution in [0.5, 0.6) is 5.75 Å². The van der Waals surface area contributed by atoms with Gasteiger partial charge in [0.15, 0.2) is 0 Å². The molecule has 3 rings (SSSR count). The largest absolute Gasteiger partial charge is 0.494 e. The van der Waals surface area contributed by atoms with Gasteiger partial charge in [0.2, 0.25) is 5.95 Å². The summed E-state index contributed by atoms with van der Waals surface area (Å²) >= 11 is 0. The number of ether oxygens (including phenoxy) is 1. The number of benzene rings is 2. The van der Waals surface area contributed by atoms with Crippen molar-refractivity contribution in [1.29, 1.82) is 0 Å². The number of hydrogen-bond acceptors (Lipinski definition) is 5. The number of nitrogens with one attached hydrogen (secondary N) is 1. The molecule has 1 aromatic heterocycles. The minimum atomic E-state index is -4.59. The maximum absolute atomic E-state index is 13.5. The van der Waals surface area contributed by atoms with Crippen molar-refractivity contribution in [2.45, 2.75) is 26.4 Å². The van der Waals surface area contributed by atoms with Crippen molar-refractivity contribution in [2.75, 3.05) is 23.9 Å². The summed E-state index contributed by atoms with van der Waals surface area (Å²) in [6.07, 6.45) is -2.92. The van der Waals surface area contributed by atoms with Gasteiger partial charge in [-0.15, -0.1) is 0 Å². The number of nitrogens with zero attached hydrogens (tertiary/aromatic N) is 3. The molecule has 0 unspecified atom stereocenters. The molecule has 5 nitrogen and oxygen atoms in total. The van der Waals surface area contributed by atoms with Gasteiger partial charge in [0.1, 0.15) is 17.1 Å². The second kappa shape index (κ2) is 9.02. The summed E-state index contributed by atoms with van der Waals surface area (Å²) in [6, 6.07) is 14.2. The van der Waals surface area contributed by atoms with Crippen molar-refractivity contribution in [3.63, 3.8) is 0 Å². The zero-order chi connectivity index (χ0) is 21.7. The smallest absolute Gasteiger partial charge is 0.421 e. The van der Waals surface area contributed by atoms with Crippen LogP contribution in [0, 0.1) is 6.92 Å². The van der Waals surface area contributed by atoms with Crippen LogP contribution in [0.25, 0.3) is 0 Å². The number of hydrogen-bond donors (Lipinski definition) is 1. The quantitative estimate of drug-likeness (QED) is 0.504. The lowest BCUT2D eigenvalue weighted by atomic mass is 10.2. The number of anilines is 4. The van der Waals surface area contributed by atoms with Crippen molar-refractivity contribution in [3.05, 3.63) is 65.9 Å². The Morgan fingerprint density at radius 3 is 2.30 bits per heavy atom. The molecule has 0 saturated heterocycles. The van der Waals surface area contributed by atoms with Crippen LogP contribution in [0.3, 0.4) is 0 Å². The van der Waals surface area contributed by atoms with Gasteiger partial charge >= 0.3 is 6.18 Å². The molecule has 8 heteroatoms. The van der Waals surface area contributed by atoms with E-state index in [1.807, 2.05) is 38.1 Å². The van der Waals surface area contributed by atoms with Crippen LogP contribution in [-0.4, -0.2) is 23.6 Å². The summed E-state index contributed by atoms with van der Waals surface area (Å²) in [5.74, 6) is 0.492. The lowest BCUT2D eigenvalue weighted by Crippen LogP contribution is -2.17. The fourth-order valence-corrected chi connectivity index (χ4v) is 2.71. The number of aryl methyl sites for hydroxylation is 1. The zero-order valence-corrected chi connectivity index (χ0v) is 17.0. The molecule has 0 saturated carbocycles. The standard InChI is InChI=1S/C22H23F3N4O/c1-4-13-30-18-11-7-16(8-12-18)27-20-19(22(23,24)25)14-26-21(28-20)29(3)17-9-5-15(2)6-10-17/h5-12,14H,4,13H2,1-3H3,(H,26,27,28). The van der Waals surface area contributed by atoms with E-state index in [-0.39, 0.29) is 11.8 Å². The van der Waals surface area contributed by atoms with Crippen LogP contribution in [0.15, 0.2) is 54.7 Å². The Kier molecular flexibility index (Phi) is 6.44. The highest BCUT2D eigenvalue weighted by atomic mass is 19.4. The molecule has 0 radical (unpaired) electrons. The molecule has 0 bridgehead atoms. The highest BCUT2D eigenvalue weighted by Gasteiger charge is 2.35. The van der Waals surface area contributed by atoms with Gasteiger partial charge < -0.3 is 15.0 Å². The molecule has 0 aliphatic heterocycles. The van der Waals surface area contributed by atoms with Crippen LogP contribution < -0.4 is 15.0 Å². The zero-order valence-electron chi connectivity index (χ0n) is 17.0. The Labute approximate surface area is 173 Å². The Balaban J connectivity index is 1.90. The SMILES string of the molecule is CCCOc1ccc(Nc2nc(N(C)c3ccc(C)cc3)ncc2C(F)(F)F)cc1. The van der Waals surface area contributed by atoms with Gasteiger partial charge in [-0.25, -0.2) is 4.98 Å². The fraction of sp³-hybridized carbons (Fsp3) is 0.273.